The van der Waals surface area contributed by atoms with Crippen LogP contribution in [0.2, 0.25) is 5.02 Å². The summed E-state index contributed by atoms with van der Waals surface area (Å²) in [6.07, 6.45) is 1.72. The van der Waals surface area contributed by atoms with Crippen molar-refractivity contribution in [2.24, 2.45) is 0 Å². The van der Waals surface area contributed by atoms with Crippen molar-refractivity contribution in [2.75, 3.05) is 5.32 Å². The zero-order chi connectivity index (χ0) is 26.1. The fraction of sp³-hybridized carbons (Fsp3) is 0.0690. The summed E-state index contributed by atoms with van der Waals surface area (Å²) in [6, 6.07) is 27.4. The number of benzene rings is 3. The SMILES string of the molecule is O=C(NCc1cccc(CNc2cc(-c3ccccc3Cl)nc3c(Br)cnn23)c1)c1cc2ccccc2[nH]1. The van der Waals surface area contributed by atoms with Crippen molar-refractivity contribution in [1.29, 1.82) is 0 Å². The van der Waals surface area contributed by atoms with Gasteiger partial charge in [-0.3, -0.25) is 4.79 Å². The van der Waals surface area contributed by atoms with E-state index in [0.29, 0.717) is 29.5 Å². The Hall–Kier alpha value is -4.14. The van der Waals surface area contributed by atoms with E-state index in [2.05, 4.69) is 42.7 Å². The van der Waals surface area contributed by atoms with Crippen molar-refractivity contribution in [3.63, 3.8) is 0 Å². The lowest BCUT2D eigenvalue weighted by Crippen LogP contribution is -2.23. The average Bonchev–Trinajstić information content (AvgIpc) is 3.55. The smallest absolute Gasteiger partial charge is 0.267 e. The van der Waals surface area contributed by atoms with Crippen LogP contribution in [0.1, 0.15) is 21.6 Å². The normalized spacial score (nSPS) is 11.2. The van der Waals surface area contributed by atoms with E-state index < -0.39 is 0 Å². The van der Waals surface area contributed by atoms with Gasteiger partial charge in [-0.1, -0.05) is 72.3 Å². The largest absolute Gasteiger partial charge is 0.366 e. The number of amides is 1. The van der Waals surface area contributed by atoms with Crippen LogP contribution >= 0.6 is 27.5 Å². The molecule has 7 nitrogen and oxygen atoms in total. The van der Waals surface area contributed by atoms with Crippen LogP contribution in [0.25, 0.3) is 27.8 Å². The van der Waals surface area contributed by atoms with Gasteiger partial charge < -0.3 is 15.6 Å². The lowest BCUT2D eigenvalue weighted by atomic mass is 10.1. The van der Waals surface area contributed by atoms with Crippen LogP contribution < -0.4 is 10.6 Å². The van der Waals surface area contributed by atoms with E-state index in [1.807, 2.05) is 78.9 Å². The topological polar surface area (TPSA) is 87.1 Å². The summed E-state index contributed by atoms with van der Waals surface area (Å²) in [5, 5.41) is 12.6. The molecule has 0 aliphatic rings. The predicted molar refractivity (Wildman–Crippen MR) is 154 cm³/mol. The first-order valence-electron chi connectivity index (χ1n) is 12.0. The van der Waals surface area contributed by atoms with Gasteiger partial charge >= 0.3 is 0 Å². The Labute approximate surface area is 232 Å². The highest BCUT2D eigenvalue weighted by molar-refractivity contribution is 9.10. The highest BCUT2D eigenvalue weighted by Crippen LogP contribution is 2.30. The number of aromatic nitrogens is 4. The van der Waals surface area contributed by atoms with Gasteiger partial charge in [0.15, 0.2) is 5.65 Å². The summed E-state index contributed by atoms with van der Waals surface area (Å²) in [4.78, 5) is 20.6. The second-order valence-electron chi connectivity index (χ2n) is 8.86. The highest BCUT2D eigenvalue weighted by Gasteiger charge is 2.14. The van der Waals surface area contributed by atoms with Gasteiger partial charge in [-0.25, -0.2) is 4.98 Å². The van der Waals surface area contributed by atoms with Crippen LogP contribution in [-0.2, 0) is 13.1 Å². The molecule has 0 saturated heterocycles. The number of carbonyl (C=O) groups excluding carboxylic acids is 1. The first kappa shape index (κ1) is 24.2. The number of hydrogen-bond donors (Lipinski definition) is 3. The van der Waals surface area contributed by atoms with Crippen LogP contribution in [-0.4, -0.2) is 25.5 Å². The number of anilines is 1. The molecule has 0 radical (unpaired) electrons. The summed E-state index contributed by atoms with van der Waals surface area (Å²) >= 11 is 10.00. The summed E-state index contributed by atoms with van der Waals surface area (Å²) in [6.45, 7) is 0.979. The first-order chi connectivity index (χ1) is 18.5. The van der Waals surface area contributed by atoms with Crippen LogP contribution in [0.3, 0.4) is 0 Å². The summed E-state index contributed by atoms with van der Waals surface area (Å²) < 4.78 is 2.55. The van der Waals surface area contributed by atoms with Gasteiger partial charge in [-0.15, -0.1) is 0 Å². The molecule has 0 fully saturated rings. The molecule has 6 rings (SSSR count). The van der Waals surface area contributed by atoms with E-state index in [1.165, 1.54) is 0 Å². The average molecular weight is 586 g/mol. The fourth-order valence-corrected chi connectivity index (χ4v) is 4.97. The number of nitrogens with one attached hydrogen (secondary N) is 3. The van der Waals surface area contributed by atoms with Gasteiger partial charge in [-0.2, -0.15) is 9.61 Å². The molecule has 0 saturated carbocycles. The summed E-state index contributed by atoms with van der Waals surface area (Å²) in [5.74, 6) is 0.647. The van der Waals surface area contributed by atoms with Crippen LogP contribution in [0.5, 0.6) is 0 Å². The number of para-hydroxylation sites is 1. The Morgan fingerprint density at radius 2 is 1.74 bits per heavy atom. The van der Waals surface area contributed by atoms with Gasteiger partial charge in [0.2, 0.25) is 0 Å². The molecule has 0 aliphatic carbocycles. The Kier molecular flexibility index (Phi) is 6.57. The Bertz CT molecular complexity index is 1760. The molecule has 38 heavy (non-hydrogen) atoms. The molecule has 9 heteroatoms. The number of hydrogen-bond acceptors (Lipinski definition) is 4. The number of rotatable bonds is 7. The molecule has 3 aromatic carbocycles. The number of fused-ring (bicyclic) bond motifs is 2. The Balaban J connectivity index is 1.18. The Morgan fingerprint density at radius 3 is 2.58 bits per heavy atom. The van der Waals surface area contributed by atoms with Gasteiger partial charge in [0, 0.05) is 40.6 Å². The van der Waals surface area contributed by atoms with Crippen LogP contribution in [0.15, 0.2) is 95.6 Å². The minimum Gasteiger partial charge on any atom is -0.366 e. The Morgan fingerprint density at radius 1 is 0.947 bits per heavy atom. The number of nitrogens with zero attached hydrogens (tertiary/aromatic N) is 3. The molecular weight excluding hydrogens is 564 g/mol. The van der Waals surface area contributed by atoms with Gasteiger partial charge in [0.05, 0.1) is 16.4 Å². The van der Waals surface area contributed by atoms with E-state index >= 15 is 0 Å². The zero-order valence-electron chi connectivity index (χ0n) is 20.1. The van der Waals surface area contributed by atoms with Crippen molar-refractivity contribution in [3.8, 4) is 11.3 Å². The van der Waals surface area contributed by atoms with E-state index in [0.717, 1.165) is 43.6 Å². The minimum atomic E-state index is -0.139. The third-order valence-corrected chi connectivity index (χ3v) is 7.16. The quantitative estimate of drug-likeness (QED) is 0.192. The third kappa shape index (κ3) is 4.88. The molecule has 6 aromatic rings. The second-order valence-corrected chi connectivity index (χ2v) is 10.1. The van der Waals surface area contributed by atoms with Gasteiger partial charge in [-0.05, 0) is 45.3 Å². The predicted octanol–water partition coefficient (Wildman–Crippen LogP) is 6.84. The molecule has 3 aromatic heterocycles. The molecule has 0 unspecified atom stereocenters. The minimum absolute atomic E-state index is 0.139. The molecule has 188 valence electrons. The van der Waals surface area contributed by atoms with Gasteiger partial charge in [0.1, 0.15) is 11.5 Å². The van der Waals surface area contributed by atoms with Gasteiger partial charge in [0.25, 0.3) is 5.91 Å². The monoisotopic (exact) mass is 584 g/mol. The fourth-order valence-electron chi connectivity index (χ4n) is 4.38. The molecular formula is C29H22BrClN6O. The maximum Gasteiger partial charge on any atom is 0.267 e. The second kappa shape index (κ2) is 10.3. The van der Waals surface area contributed by atoms with E-state index in [1.54, 1.807) is 10.7 Å². The number of H-pyrrole nitrogens is 1. The third-order valence-electron chi connectivity index (χ3n) is 6.27. The first-order valence-corrected chi connectivity index (χ1v) is 13.2. The van der Waals surface area contributed by atoms with E-state index in [4.69, 9.17) is 16.6 Å². The van der Waals surface area contributed by atoms with Crippen molar-refractivity contribution >= 4 is 55.8 Å². The number of halogens is 2. The lowest BCUT2D eigenvalue weighted by molar-refractivity contribution is 0.0946. The molecule has 3 heterocycles. The standard InChI is InChI=1S/C29H22BrClN6O/c30-22-17-34-37-27(14-25(36-28(22)37)21-9-2-3-10-23(21)31)32-15-18-6-5-7-19(12-18)16-33-29(38)26-13-20-8-1-4-11-24(20)35-26/h1-14,17,32,35H,15-16H2,(H,33,38). The molecule has 3 N–H and O–H groups in total. The number of aromatic amines is 1. The highest BCUT2D eigenvalue weighted by atomic mass is 79.9. The lowest BCUT2D eigenvalue weighted by Gasteiger charge is -2.12. The number of carbonyl (C=O) groups is 1. The zero-order valence-corrected chi connectivity index (χ0v) is 22.4. The van der Waals surface area contributed by atoms with Crippen molar-refractivity contribution < 1.29 is 4.79 Å². The van der Waals surface area contributed by atoms with E-state index in [-0.39, 0.29) is 5.91 Å². The molecule has 0 aliphatic heterocycles. The molecule has 0 spiro atoms. The summed E-state index contributed by atoms with van der Waals surface area (Å²) in [7, 11) is 0. The molecule has 1 amide bonds. The summed E-state index contributed by atoms with van der Waals surface area (Å²) in [5.41, 5.74) is 5.85. The maximum absolute atomic E-state index is 12.7. The maximum atomic E-state index is 12.7. The van der Waals surface area contributed by atoms with E-state index in [9.17, 15) is 4.79 Å². The van der Waals surface area contributed by atoms with Crippen molar-refractivity contribution in [1.82, 2.24) is 24.9 Å². The van der Waals surface area contributed by atoms with Crippen molar-refractivity contribution in [3.05, 3.63) is 117 Å². The molecule has 0 atom stereocenters. The van der Waals surface area contributed by atoms with Crippen LogP contribution in [0, 0.1) is 0 Å². The van der Waals surface area contributed by atoms with Crippen molar-refractivity contribution in [2.45, 2.75) is 13.1 Å². The van der Waals surface area contributed by atoms with Crippen LogP contribution in [0.4, 0.5) is 5.82 Å². The molecule has 0 bridgehead atoms.